The second-order valence-corrected chi connectivity index (χ2v) is 8.07. The Morgan fingerprint density at radius 2 is 1.84 bits per heavy atom. The molecule has 0 saturated carbocycles. The average molecular weight is 349 g/mol. The molecule has 0 unspecified atom stereocenters. The second kappa shape index (κ2) is 8.04. The zero-order chi connectivity index (χ0) is 18.6. The van der Waals surface area contributed by atoms with E-state index in [0.29, 0.717) is 12.5 Å². The van der Waals surface area contributed by atoms with Gasteiger partial charge in [-0.05, 0) is 72.5 Å². The van der Waals surface area contributed by atoms with Gasteiger partial charge in [0.25, 0.3) is 0 Å². The number of nitrogens with zero attached hydrogens (tertiary/aromatic N) is 1. The lowest BCUT2D eigenvalue weighted by molar-refractivity contribution is -0.140. The van der Waals surface area contributed by atoms with Crippen LogP contribution in [-0.4, -0.2) is 41.9 Å². The van der Waals surface area contributed by atoms with Crippen molar-refractivity contribution < 1.29 is 14.0 Å². The van der Waals surface area contributed by atoms with Gasteiger partial charge in [-0.15, -0.1) is 0 Å². The molecule has 6 heteroatoms. The molecule has 6 nitrogen and oxygen atoms in total. The molecular formula is C19H31N3O3. The minimum atomic E-state index is -0.560. The molecule has 0 aromatic carbocycles. The van der Waals surface area contributed by atoms with Crippen LogP contribution in [0, 0.1) is 19.8 Å². The first-order chi connectivity index (χ1) is 11.6. The van der Waals surface area contributed by atoms with Crippen molar-refractivity contribution in [2.45, 2.75) is 59.5 Å². The molecule has 0 spiro atoms. The second-order valence-electron chi connectivity index (χ2n) is 8.07. The van der Waals surface area contributed by atoms with Crippen LogP contribution in [0.25, 0.3) is 0 Å². The van der Waals surface area contributed by atoms with Crippen molar-refractivity contribution in [2.75, 3.05) is 19.6 Å². The molecule has 2 rings (SSSR count). The predicted octanol–water partition coefficient (Wildman–Crippen LogP) is 2.14. The summed E-state index contributed by atoms with van der Waals surface area (Å²) < 4.78 is 5.59. The third kappa shape index (κ3) is 6.20. The van der Waals surface area contributed by atoms with E-state index in [2.05, 4.69) is 21.6 Å². The molecule has 2 N–H and O–H groups in total. The Morgan fingerprint density at radius 1 is 1.20 bits per heavy atom. The summed E-state index contributed by atoms with van der Waals surface area (Å²) in [4.78, 5) is 26.1. The van der Waals surface area contributed by atoms with Gasteiger partial charge in [0.2, 0.25) is 0 Å². The van der Waals surface area contributed by atoms with Crippen molar-refractivity contribution in [1.82, 2.24) is 15.5 Å². The highest BCUT2D eigenvalue weighted by atomic mass is 16.3. The van der Waals surface area contributed by atoms with E-state index in [1.807, 2.05) is 34.6 Å². The van der Waals surface area contributed by atoms with Gasteiger partial charge < -0.3 is 15.1 Å². The number of carbonyl (C=O) groups excluding carboxylic acids is 2. The summed E-state index contributed by atoms with van der Waals surface area (Å²) in [5.74, 6) is 1.28. The smallest absolute Gasteiger partial charge is 0.309 e. The average Bonchev–Trinajstić information content (AvgIpc) is 2.82. The van der Waals surface area contributed by atoms with Gasteiger partial charge in [0.05, 0.1) is 0 Å². The van der Waals surface area contributed by atoms with Crippen LogP contribution < -0.4 is 10.6 Å². The minimum absolute atomic E-state index is 0.399. The molecule has 1 aromatic rings. The molecule has 1 saturated heterocycles. The van der Waals surface area contributed by atoms with Crippen molar-refractivity contribution in [3.8, 4) is 0 Å². The Hall–Kier alpha value is -1.82. The normalized spacial score (nSPS) is 16.7. The highest BCUT2D eigenvalue weighted by Crippen LogP contribution is 2.21. The van der Waals surface area contributed by atoms with Crippen molar-refractivity contribution in [1.29, 1.82) is 0 Å². The number of hydrogen-bond donors (Lipinski definition) is 2. The summed E-state index contributed by atoms with van der Waals surface area (Å²) >= 11 is 0. The van der Waals surface area contributed by atoms with Crippen LogP contribution in [0.15, 0.2) is 10.5 Å². The van der Waals surface area contributed by atoms with Crippen LogP contribution in [0.2, 0.25) is 0 Å². The number of furan rings is 1. The maximum absolute atomic E-state index is 11.9. The Labute approximate surface area is 150 Å². The van der Waals surface area contributed by atoms with E-state index in [9.17, 15) is 9.59 Å². The maximum Gasteiger partial charge on any atom is 0.309 e. The largest absolute Gasteiger partial charge is 0.466 e. The zero-order valence-corrected chi connectivity index (χ0v) is 16.1. The number of amides is 2. The number of hydrogen-bond acceptors (Lipinski definition) is 4. The van der Waals surface area contributed by atoms with Gasteiger partial charge in [0.1, 0.15) is 11.5 Å². The zero-order valence-electron chi connectivity index (χ0n) is 16.1. The highest BCUT2D eigenvalue weighted by molar-refractivity contribution is 6.35. The fraction of sp³-hybridized carbons (Fsp3) is 0.684. The van der Waals surface area contributed by atoms with E-state index in [1.54, 1.807) is 0 Å². The van der Waals surface area contributed by atoms with E-state index in [4.69, 9.17) is 4.42 Å². The first kappa shape index (κ1) is 19.5. The van der Waals surface area contributed by atoms with Gasteiger partial charge in [-0.3, -0.25) is 14.5 Å². The van der Waals surface area contributed by atoms with Crippen LogP contribution in [0.5, 0.6) is 0 Å². The van der Waals surface area contributed by atoms with E-state index in [0.717, 1.165) is 44.0 Å². The molecule has 140 valence electrons. The number of nitrogens with one attached hydrogen (secondary N) is 2. The summed E-state index contributed by atoms with van der Waals surface area (Å²) in [7, 11) is 0. The summed E-state index contributed by atoms with van der Waals surface area (Å²) in [5, 5.41) is 5.45. The Kier molecular flexibility index (Phi) is 6.27. The Balaban J connectivity index is 1.71. The van der Waals surface area contributed by atoms with Gasteiger partial charge in [0.15, 0.2) is 0 Å². The summed E-state index contributed by atoms with van der Waals surface area (Å²) in [6.07, 6.45) is 2.05. The summed E-state index contributed by atoms with van der Waals surface area (Å²) in [6, 6.07) is 2.11. The molecule has 0 bridgehead atoms. The van der Waals surface area contributed by atoms with Crippen LogP contribution in [0.1, 0.15) is 50.7 Å². The van der Waals surface area contributed by atoms with Gasteiger partial charge in [0, 0.05) is 24.2 Å². The lowest BCUT2D eigenvalue weighted by Gasteiger charge is -2.31. The highest BCUT2D eigenvalue weighted by Gasteiger charge is 2.23. The summed E-state index contributed by atoms with van der Waals surface area (Å²) in [5.41, 5.74) is 0.853. The molecule has 1 aliphatic heterocycles. The molecule has 1 aromatic heterocycles. The fourth-order valence-electron chi connectivity index (χ4n) is 3.14. The first-order valence-corrected chi connectivity index (χ1v) is 9.02. The number of aryl methyl sites for hydroxylation is 2. The standard InChI is InChI=1S/C19H31N3O3/c1-13-10-16(14(2)25-13)12-22-8-6-15(7-9-22)11-20-17(23)18(24)21-19(3,4)5/h10,15H,6-9,11-12H2,1-5H3,(H,20,23)(H,21,24). The molecular weight excluding hydrogens is 318 g/mol. The molecule has 0 atom stereocenters. The van der Waals surface area contributed by atoms with Gasteiger partial charge in [-0.2, -0.15) is 0 Å². The quantitative estimate of drug-likeness (QED) is 0.817. The third-order valence-electron chi connectivity index (χ3n) is 4.49. The van der Waals surface area contributed by atoms with Crippen LogP contribution in [-0.2, 0) is 16.1 Å². The van der Waals surface area contributed by atoms with Crippen molar-refractivity contribution in [2.24, 2.45) is 5.92 Å². The minimum Gasteiger partial charge on any atom is -0.466 e. The van der Waals surface area contributed by atoms with Crippen LogP contribution in [0.4, 0.5) is 0 Å². The SMILES string of the molecule is Cc1cc(CN2CCC(CNC(=O)C(=O)NC(C)(C)C)CC2)c(C)o1. The molecule has 1 fully saturated rings. The Bertz CT molecular complexity index is 608. The van der Waals surface area contributed by atoms with Gasteiger partial charge in [-0.25, -0.2) is 0 Å². The van der Waals surface area contributed by atoms with E-state index >= 15 is 0 Å². The topological polar surface area (TPSA) is 74.6 Å². The number of rotatable bonds is 4. The van der Waals surface area contributed by atoms with Crippen molar-refractivity contribution >= 4 is 11.8 Å². The van der Waals surface area contributed by atoms with Gasteiger partial charge >= 0.3 is 11.8 Å². The molecule has 0 radical (unpaired) electrons. The van der Waals surface area contributed by atoms with Crippen LogP contribution >= 0.6 is 0 Å². The number of likely N-dealkylation sites (tertiary alicyclic amines) is 1. The monoisotopic (exact) mass is 349 g/mol. The molecule has 2 heterocycles. The molecule has 1 aliphatic rings. The molecule has 25 heavy (non-hydrogen) atoms. The molecule has 0 aliphatic carbocycles. The molecule has 2 amide bonds. The lowest BCUT2D eigenvalue weighted by atomic mass is 9.96. The third-order valence-corrected chi connectivity index (χ3v) is 4.49. The number of piperidine rings is 1. The summed E-state index contributed by atoms with van der Waals surface area (Å²) in [6.45, 7) is 13.0. The van der Waals surface area contributed by atoms with E-state index < -0.39 is 17.4 Å². The van der Waals surface area contributed by atoms with Gasteiger partial charge in [-0.1, -0.05) is 0 Å². The lowest BCUT2D eigenvalue weighted by Crippen LogP contribution is -2.49. The fourth-order valence-corrected chi connectivity index (χ4v) is 3.14. The van der Waals surface area contributed by atoms with Crippen molar-refractivity contribution in [3.05, 3.63) is 23.2 Å². The van der Waals surface area contributed by atoms with E-state index in [-0.39, 0.29) is 0 Å². The van der Waals surface area contributed by atoms with Crippen molar-refractivity contribution in [3.63, 3.8) is 0 Å². The first-order valence-electron chi connectivity index (χ1n) is 9.02. The van der Waals surface area contributed by atoms with Crippen LogP contribution in [0.3, 0.4) is 0 Å². The van der Waals surface area contributed by atoms with E-state index in [1.165, 1.54) is 5.56 Å². The Morgan fingerprint density at radius 3 is 2.36 bits per heavy atom. The number of carbonyl (C=O) groups is 2. The predicted molar refractivity (Wildman–Crippen MR) is 97.1 cm³/mol. The maximum atomic E-state index is 11.9.